The van der Waals surface area contributed by atoms with Crippen molar-refractivity contribution in [1.29, 1.82) is 0 Å². The first-order chi connectivity index (χ1) is 6.09. The van der Waals surface area contributed by atoms with Crippen LogP contribution in [0.1, 0.15) is 0 Å². The largest absolute Gasteiger partial charge is 0.502 e. The highest BCUT2D eigenvalue weighted by Crippen LogP contribution is 2.18. The van der Waals surface area contributed by atoms with Crippen LogP contribution in [0.4, 0.5) is 5.69 Å². The van der Waals surface area contributed by atoms with E-state index in [0.29, 0.717) is 13.1 Å². The predicted octanol–water partition coefficient (Wildman–Crippen LogP) is -1.36. The molecule has 0 aliphatic carbocycles. The molecule has 0 bridgehead atoms. The number of rotatable bonds is 4. The smallest absolute Gasteiger partial charge is 0.271 e. The van der Waals surface area contributed by atoms with Gasteiger partial charge >= 0.3 is 0 Å². The van der Waals surface area contributed by atoms with Crippen LogP contribution in [0.5, 0.6) is 5.75 Å². The lowest BCUT2D eigenvalue weighted by Gasteiger charge is -2.19. The SMILES string of the molecule is CNCCN(C)c1c(O)c(=O)c1=O. The van der Waals surface area contributed by atoms with E-state index in [4.69, 9.17) is 5.11 Å². The average molecular weight is 184 g/mol. The summed E-state index contributed by atoms with van der Waals surface area (Å²) in [6.45, 7) is 1.27. The van der Waals surface area contributed by atoms with Crippen LogP contribution < -0.4 is 21.1 Å². The summed E-state index contributed by atoms with van der Waals surface area (Å²) in [4.78, 5) is 23.2. The van der Waals surface area contributed by atoms with Crippen LogP contribution in [-0.4, -0.2) is 32.3 Å². The first-order valence-corrected chi connectivity index (χ1v) is 3.97. The molecule has 0 unspecified atom stereocenters. The number of hydrogen-bond donors (Lipinski definition) is 2. The molecule has 72 valence electrons. The molecule has 2 N–H and O–H groups in total. The summed E-state index contributed by atoms with van der Waals surface area (Å²) < 4.78 is 0. The monoisotopic (exact) mass is 184 g/mol. The van der Waals surface area contributed by atoms with E-state index in [9.17, 15) is 9.59 Å². The van der Waals surface area contributed by atoms with Gasteiger partial charge in [0.2, 0.25) is 0 Å². The van der Waals surface area contributed by atoms with E-state index in [2.05, 4.69) is 5.32 Å². The van der Waals surface area contributed by atoms with Crippen molar-refractivity contribution in [2.75, 3.05) is 32.1 Å². The van der Waals surface area contributed by atoms with Crippen LogP contribution in [0.25, 0.3) is 0 Å². The van der Waals surface area contributed by atoms with E-state index in [1.165, 1.54) is 0 Å². The Morgan fingerprint density at radius 1 is 1.38 bits per heavy atom. The van der Waals surface area contributed by atoms with Crippen molar-refractivity contribution in [2.24, 2.45) is 0 Å². The van der Waals surface area contributed by atoms with Crippen LogP contribution in [-0.2, 0) is 0 Å². The molecule has 0 saturated carbocycles. The summed E-state index contributed by atoms with van der Waals surface area (Å²) in [7, 11) is 3.45. The standard InChI is InChI=1S/C8H12N2O3/c1-9-3-4-10(2)5-6(11)8(13)7(5)12/h9,11H,3-4H2,1-2H3. The maximum atomic E-state index is 10.9. The van der Waals surface area contributed by atoms with Crippen molar-refractivity contribution < 1.29 is 5.11 Å². The first kappa shape index (κ1) is 9.73. The molecule has 0 aromatic heterocycles. The lowest BCUT2D eigenvalue weighted by Crippen LogP contribution is -2.40. The molecule has 0 radical (unpaired) electrons. The normalized spacial score (nSPS) is 10.6. The Labute approximate surface area is 75.3 Å². The molecule has 1 aromatic carbocycles. The van der Waals surface area contributed by atoms with Gasteiger partial charge in [-0.05, 0) is 7.05 Å². The van der Waals surface area contributed by atoms with E-state index >= 15 is 0 Å². The summed E-state index contributed by atoms with van der Waals surface area (Å²) in [5.74, 6) is -0.413. The molecule has 0 spiro atoms. The fourth-order valence-electron chi connectivity index (χ4n) is 1.11. The molecular formula is C8H12N2O3. The summed E-state index contributed by atoms with van der Waals surface area (Å²) in [6.07, 6.45) is 0. The third kappa shape index (κ3) is 1.55. The molecule has 0 heterocycles. The molecule has 0 aliphatic rings. The number of nitrogens with one attached hydrogen (secondary N) is 1. The van der Waals surface area contributed by atoms with Gasteiger partial charge in [0, 0.05) is 20.1 Å². The summed E-state index contributed by atoms with van der Waals surface area (Å²) in [6, 6.07) is 0. The van der Waals surface area contributed by atoms with Gasteiger partial charge in [0.1, 0.15) is 5.69 Å². The zero-order chi connectivity index (χ0) is 10.0. The topological polar surface area (TPSA) is 69.6 Å². The molecule has 13 heavy (non-hydrogen) atoms. The van der Waals surface area contributed by atoms with Crippen LogP contribution in [0, 0.1) is 0 Å². The summed E-state index contributed by atoms with van der Waals surface area (Å²) in [5, 5.41) is 12.0. The lowest BCUT2D eigenvalue weighted by atomic mass is 10.2. The van der Waals surface area contributed by atoms with Crippen LogP contribution in [0.15, 0.2) is 9.59 Å². The van der Waals surface area contributed by atoms with Gasteiger partial charge in [-0.1, -0.05) is 0 Å². The van der Waals surface area contributed by atoms with Gasteiger partial charge in [0.05, 0.1) is 0 Å². The minimum atomic E-state index is -0.786. The Morgan fingerprint density at radius 2 is 2.00 bits per heavy atom. The zero-order valence-electron chi connectivity index (χ0n) is 7.63. The fourth-order valence-corrected chi connectivity index (χ4v) is 1.11. The first-order valence-electron chi connectivity index (χ1n) is 3.97. The summed E-state index contributed by atoms with van der Waals surface area (Å²) >= 11 is 0. The Balaban J connectivity index is 2.74. The second kappa shape index (κ2) is 3.57. The van der Waals surface area contributed by atoms with Crippen molar-refractivity contribution in [3.8, 4) is 5.75 Å². The Hall–Kier alpha value is -1.36. The van der Waals surface area contributed by atoms with E-state index in [-0.39, 0.29) is 5.69 Å². The van der Waals surface area contributed by atoms with E-state index < -0.39 is 16.6 Å². The molecule has 1 rings (SSSR count). The molecule has 0 fully saturated rings. The number of nitrogens with zero attached hydrogens (tertiary/aromatic N) is 1. The highest BCUT2D eigenvalue weighted by atomic mass is 16.3. The molecule has 0 saturated heterocycles. The Kier molecular flexibility index (Phi) is 2.67. The number of aromatic hydroxyl groups is 1. The Morgan fingerprint density at radius 3 is 2.46 bits per heavy atom. The third-order valence-corrected chi connectivity index (χ3v) is 1.94. The van der Waals surface area contributed by atoms with E-state index in [1.54, 1.807) is 19.0 Å². The number of anilines is 1. The van der Waals surface area contributed by atoms with Gasteiger partial charge in [-0.15, -0.1) is 0 Å². The maximum Gasteiger partial charge on any atom is 0.271 e. The lowest BCUT2D eigenvalue weighted by molar-refractivity contribution is 0.462. The minimum absolute atomic E-state index is 0.125. The van der Waals surface area contributed by atoms with Crippen molar-refractivity contribution in [3.63, 3.8) is 0 Å². The minimum Gasteiger partial charge on any atom is -0.502 e. The van der Waals surface area contributed by atoms with Gasteiger partial charge in [-0.25, -0.2) is 0 Å². The van der Waals surface area contributed by atoms with Crippen molar-refractivity contribution in [1.82, 2.24) is 5.32 Å². The van der Waals surface area contributed by atoms with Gasteiger partial charge in [-0.3, -0.25) is 9.59 Å². The Bertz CT molecular complexity index is 365. The van der Waals surface area contributed by atoms with Crippen LogP contribution >= 0.6 is 0 Å². The van der Waals surface area contributed by atoms with E-state index in [1.807, 2.05) is 0 Å². The maximum absolute atomic E-state index is 10.9. The molecule has 0 amide bonds. The van der Waals surface area contributed by atoms with Gasteiger partial charge in [-0.2, -0.15) is 0 Å². The summed E-state index contributed by atoms with van der Waals surface area (Å²) in [5.41, 5.74) is -1.26. The molecule has 0 atom stereocenters. The van der Waals surface area contributed by atoms with Gasteiger partial charge in [0.25, 0.3) is 10.9 Å². The highest BCUT2D eigenvalue weighted by molar-refractivity contribution is 5.62. The molecule has 0 aliphatic heterocycles. The quantitative estimate of drug-likeness (QED) is 0.566. The van der Waals surface area contributed by atoms with Gasteiger partial charge in [0.15, 0.2) is 5.75 Å². The predicted molar refractivity (Wildman–Crippen MR) is 50.2 cm³/mol. The zero-order valence-corrected chi connectivity index (χ0v) is 7.63. The van der Waals surface area contributed by atoms with E-state index in [0.717, 1.165) is 0 Å². The van der Waals surface area contributed by atoms with Crippen molar-refractivity contribution >= 4 is 5.69 Å². The third-order valence-electron chi connectivity index (χ3n) is 1.94. The number of hydrogen-bond acceptors (Lipinski definition) is 5. The average Bonchev–Trinajstić information content (AvgIpc) is 2.14. The second-order valence-corrected chi connectivity index (χ2v) is 2.88. The molecule has 5 nitrogen and oxygen atoms in total. The number of likely N-dealkylation sites (N-methyl/N-ethyl adjacent to an activating group) is 2. The second-order valence-electron chi connectivity index (χ2n) is 2.88. The van der Waals surface area contributed by atoms with Crippen LogP contribution in [0.2, 0.25) is 0 Å². The van der Waals surface area contributed by atoms with Crippen molar-refractivity contribution in [2.45, 2.75) is 0 Å². The van der Waals surface area contributed by atoms with Crippen LogP contribution in [0.3, 0.4) is 0 Å². The molecular weight excluding hydrogens is 172 g/mol. The van der Waals surface area contributed by atoms with Gasteiger partial charge < -0.3 is 15.3 Å². The van der Waals surface area contributed by atoms with Crippen molar-refractivity contribution in [3.05, 3.63) is 20.4 Å². The molecule has 5 heteroatoms. The molecule has 1 aromatic rings. The highest BCUT2D eigenvalue weighted by Gasteiger charge is 2.22. The fraction of sp³-hybridized carbons (Fsp3) is 0.500.